The number of alkyl halides is 1. The van der Waals surface area contributed by atoms with Crippen LogP contribution in [0.15, 0.2) is 0 Å². The summed E-state index contributed by atoms with van der Waals surface area (Å²) < 4.78 is 15.2. The molecule has 136 valence electrons. The number of hydrogen-bond acceptors (Lipinski definition) is 8. The monoisotopic (exact) mass is 365 g/mol. The highest BCUT2D eigenvalue weighted by molar-refractivity contribution is 6.23. The lowest BCUT2D eigenvalue weighted by atomic mass is 9.81. The van der Waals surface area contributed by atoms with Crippen molar-refractivity contribution in [3.8, 4) is 0 Å². The molecule has 0 aromatic heterocycles. The molecule has 1 amide bonds. The van der Waals surface area contributed by atoms with E-state index >= 15 is 0 Å². The molecule has 1 aliphatic rings. The van der Waals surface area contributed by atoms with Crippen molar-refractivity contribution in [2.45, 2.75) is 57.1 Å². The highest BCUT2D eigenvalue weighted by Crippen LogP contribution is 2.35. The maximum atomic E-state index is 12.1. The van der Waals surface area contributed by atoms with E-state index in [0.29, 0.717) is 0 Å². The molecule has 24 heavy (non-hydrogen) atoms. The molecule has 0 aromatic carbocycles. The number of aliphatic hydroxyl groups is 1. The van der Waals surface area contributed by atoms with Crippen molar-refractivity contribution in [1.82, 2.24) is 5.32 Å². The minimum Gasteiger partial charge on any atom is -0.463 e. The molecule has 5 atom stereocenters. The molecule has 0 saturated carbocycles. The number of nitrogens with one attached hydrogen (secondary N) is 1. The Labute approximate surface area is 143 Å². The largest absolute Gasteiger partial charge is 0.463 e. The minimum atomic E-state index is -2.01. The average molecular weight is 366 g/mol. The molecule has 0 bridgehead atoms. The lowest BCUT2D eigenvalue weighted by Crippen LogP contribution is -2.75. The summed E-state index contributed by atoms with van der Waals surface area (Å²) in [7, 11) is 0. The minimum absolute atomic E-state index is 0.360. The molecule has 0 radical (unpaired) electrons. The van der Waals surface area contributed by atoms with E-state index in [0.717, 1.165) is 27.7 Å². The number of ether oxygens (including phenoxy) is 3. The zero-order chi connectivity index (χ0) is 18.7. The van der Waals surface area contributed by atoms with Crippen molar-refractivity contribution in [3.05, 3.63) is 0 Å². The normalized spacial score (nSPS) is 32.6. The second-order valence-corrected chi connectivity index (χ2v) is 5.81. The lowest BCUT2D eigenvalue weighted by molar-refractivity contribution is -0.219. The van der Waals surface area contributed by atoms with Crippen LogP contribution in [0.2, 0.25) is 0 Å². The maximum Gasteiger partial charge on any atom is 0.303 e. The fourth-order valence-corrected chi connectivity index (χ4v) is 2.95. The smallest absolute Gasteiger partial charge is 0.303 e. The van der Waals surface area contributed by atoms with E-state index in [1.54, 1.807) is 0 Å². The van der Waals surface area contributed by atoms with E-state index in [1.807, 2.05) is 0 Å². The van der Waals surface area contributed by atoms with Gasteiger partial charge < -0.3 is 24.6 Å². The number of aliphatic hydroxyl groups excluding tert-OH is 1. The molecule has 1 saturated heterocycles. The van der Waals surface area contributed by atoms with Crippen LogP contribution in [0.3, 0.4) is 0 Å². The van der Waals surface area contributed by atoms with Crippen molar-refractivity contribution >= 4 is 35.2 Å². The number of halogens is 1. The van der Waals surface area contributed by atoms with Gasteiger partial charge in [-0.1, -0.05) is 11.6 Å². The van der Waals surface area contributed by atoms with Crippen LogP contribution in [0.1, 0.15) is 27.7 Å². The molecule has 0 aliphatic carbocycles. The topological polar surface area (TPSA) is 128 Å². The number of carbonyl (C=O) groups excluding carboxylic acids is 4. The Balaban J connectivity index is 3.23. The van der Waals surface area contributed by atoms with Gasteiger partial charge in [0.15, 0.2) is 23.0 Å². The van der Waals surface area contributed by atoms with Crippen LogP contribution in [0.25, 0.3) is 0 Å². The van der Waals surface area contributed by atoms with Gasteiger partial charge in [-0.2, -0.15) is 0 Å². The van der Waals surface area contributed by atoms with E-state index in [4.69, 9.17) is 25.8 Å². The third kappa shape index (κ3) is 4.22. The molecule has 1 aliphatic heterocycles. The van der Waals surface area contributed by atoms with Crippen molar-refractivity contribution in [2.24, 2.45) is 0 Å². The predicted octanol–water partition coefficient (Wildman–Crippen LogP) is -0.730. The van der Waals surface area contributed by atoms with Gasteiger partial charge in [0.25, 0.3) is 0 Å². The summed E-state index contributed by atoms with van der Waals surface area (Å²) in [6.45, 7) is 4.13. The summed E-state index contributed by atoms with van der Waals surface area (Å²) >= 11 is 6.09. The van der Waals surface area contributed by atoms with Crippen molar-refractivity contribution < 1.29 is 38.5 Å². The van der Waals surface area contributed by atoms with Crippen LogP contribution in [0, 0.1) is 0 Å². The molecule has 1 rings (SSSR count). The van der Waals surface area contributed by atoms with Gasteiger partial charge >= 0.3 is 11.9 Å². The number of carbonyl (C=O) groups is 4. The molecule has 0 unspecified atom stereocenters. The van der Waals surface area contributed by atoms with Crippen LogP contribution in [0.5, 0.6) is 0 Å². The van der Waals surface area contributed by atoms with Gasteiger partial charge in [-0.25, -0.2) is 0 Å². The predicted molar refractivity (Wildman–Crippen MR) is 79.9 cm³/mol. The second-order valence-electron chi connectivity index (χ2n) is 5.42. The van der Waals surface area contributed by atoms with Gasteiger partial charge in [-0.3, -0.25) is 19.2 Å². The van der Waals surface area contributed by atoms with Gasteiger partial charge in [-0.15, -0.1) is 0 Å². The first-order valence-corrected chi connectivity index (χ1v) is 7.54. The maximum absolute atomic E-state index is 12.1. The first kappa shape index (κ1) is 20.3. The summed E-state index contributed by atoms with van der Waals surface area (Å²) in [6.07, 6.45) is -4.20. The van der Waals surface area contributed by atoms with Gasteiger partial charge in [0, 0.05) is 20.8 Å². The van der Waals surface area contributed by atoms with E-state index in [2.05, 4.69) is 5.32 Å². The van der Waals surface area contributed by atoms with Gasteiger partial charge in [0.05, 0.1) is 0 Å². The Morgan fingerprint density at radius 2 is 1.75 bits per heavy atom. The number of esters is 2. The van der Waals surface area contributed by atoms with Crippen LogP contribution < -0.4 is 5.32 Å². The van der Waals surface area contributed by atoms with Gasteiger partial charge in [0.2, 0.25) is 5.91 Å². The molecule has 2 N–H and O–H groups in total. The number of rotatable bonds is 5. The Kier molecular flexibility index (Phi) is 6.70. The highest BCUT2D eigenvalue weighted by atomic mass is 35.5. The summed E-state index contributed by atoms with van der Waals surface area (Å²) in [5, 5.41) is 12.9. The standard InChI is InChI=1S/C14H20ClNO8/c1-6(17)14(16-7(2)18)12(21)11(23-9(4)20)10(24-13(14)15)5-22-8(3)19/h10-13,21H,5H2,1-4H3,(H,16,18)/t10-,11+,12+,13-,14-/m1/s1. The van der Waals surface area contributed by atoms with Crippen LogP contribution in [-0.2, 0) is 33.4 Å². The van der Waals surface area contributed by atoms with Crippen molar-refractivity contribution in [1.29, 1.82) is 0 Å². The van der Waals surface area contributed by atoms with Crippen LogP contribution in [0.4, 0.5) is 0 Å². The Hall–Kier alpha value is -1.71. The zero-order valence-corrected chi connectivity index (χ0v) is 14.5. The van der Waals surface area contributed by atoms with Crippen LogP contribution in [-0.4, -0.2) is 64.8 Å². The molecule has 0 aromatic rings. The van der Waals surface area contributed by atoms with Crippen molar-refractivity contribution in [2.75, 3.05) is 6.61 Å². The highest BCUT2D eigenvalue weighted by Gasteiger charge is 2.60. The fraction of sp³-hybridized carbons (Fsp3) is 0.714. The quantitative estimate of drug-likeness (QED) is 0.482. The average Bonchev–Trinajstić information content (AvgIpc) is 2.43. The van der Waals surface area contributed by atoms with Gasteiger partial charge in [0.1, 0.15) is 18.8 Å². The zero-order valence-electron chi connectivity index (χ0n) is 13.7. The Morgan fingerprint density at radius 1 is 1.17 bits per heavy atom. The lowest BCUT2D eigenvalue weighted by Gasteiger charge is -2.48. The first-order chi connectivity index (χ1) is 11.0. The molecule has 1 heterocycles. The summed E-state index contributed by atoms with van der Waals surface area (Å²) in [4.78, 5) is 45.9. The van der Waals surface area contributed by atoms with Gasteiger partial charge in [-0.05, 0) is 6.92 Å². The molecule has 1 fully saturated rings. The Bertz CT molecular complexity index is 539. The van der Waals surface area contributed by atoms with E-state index < -0.39 is 53.0 Å². The number of ketones is 1. The third-order valence-electron chi connectivity index (χ3n) is 3.51. The summed E-state index contributed by atoms with van der Waals surface area (Å²) in [5.74, 6) is -2.71. The molecular formula is C14H20ClNO8. The number of hydrogen-bond donors (Lipinski definition) is 2. The second kappa shape index (κ2) is 7.91. The summed E-state index contributed by atoms with van der Waals surface area (Å²) in [6, 6.07) is 0. The number of amides is 1. The summed E-state index contributed by atoms with van der Waals surface area (Å²) in [5.41, 5.74) is -3.48. The van der Waals surface area contributed by atoms with E-state index in [1.165, 1.54) is 0 Å². The molecule has 10 heteroatoms. The van der Waals surface area contributed by atoms with Crippen molar-refractivity contribution in [3.63, 3.8) is 0 Å². The fourth-order valence-electron chi connectivity index (χ4n) is 2.48. The third-order valence-corrected chi connectivity index (χ3v) is 3.96. The van der Waals surface area contributed by atoms with E-state index in [9.17, 15) is 24.3 Å². The van der Waals surface area contributed by atoms with Crippen LogP contribution >= 0.6 is 11.6 Å². The first-order valence-electron chi connectivity index (χ1n) is 7.10. The SMILES string of the molecule is CC(=O)N[C@@]1(C(C)=O)[C@H](Cl)O[C@H](COC(C)=O)[C@H](OC(C)=O)[C@@H]1O. The molecule has 9 nitrogen and oxygen atoms in total. The molecule has 0 spiro atoms. The van der Waals surface area contributed by atoms with E-state index in [-0.39, 0.29) is 6.61 Å². The Morgan fingerprint density at radius 3 is 2.17 bits per heavy atom. The number of Topliss-reactive ketones (excluding diaryl/α,β-unsaturated/α-hetero) is 1. The molecular weight excluding hydrogens is 346 g/mol.